The summed E-state index contributed by atoms with van der Waals surface area (Å²) in [6.45, 7) is 8.17. The largest absolute Gasteiger partial charge is 0.496 e. The number of aromatic nitrogens is 2. The molecule has 3 rings (SSSR count). The monoisotopic (exact) mass is 491 g/mol. The zero-order valence-electron chi connectivity index (χ0n) is 20.0. The number of fused-ring (bicyclic) bond motifs is 1. The van der Waals surface area contributed by atoms with E-state index < -0.39 is 17.8 Å². The summed E-state index contributed by atoms with van der Waals surface area (Å²) in [5, 5.41) is 6.71. The van der Waals surface area contributed by atoms with Crippen molar-refractivity contribution < 1.29 is 18.7 Å². The van der Waals surface area contributed by atoms with E-state index in [0.717, 1.165) is 5.56 Å². The van der Waals surface area contributed by atoms with Crippen molar-refractivity contribution in [2.24, 2.45) is 5.73 Å². The van der Waals surface area contributed by atoms with Crippen molar-refractivity contribution in [3.05, 3.63) is 53.1 Å². The van der Waals surface area contributed by atoms with Gasteiger partial charge in [0.05, 0.1) is 36.0 Å². The van der Waals surface area contributed by atoms with E-state index in [0.29, 0.717) is 22.5 Å². The Labute approximate surface area is 204 Å². The van der Waals surface area contributed by atoms with Crippen LogP contribution in [0.2, 0.25) is 5.02 Å². The van der Waals surface area contributed by atoms with Crippen LogP contribution in [0, 0.1) is 5.82 Å². The van der Waals surface area contributed by atoms with Crippen molar-refractivity contribution in [1.82, 2.24) is 15.3 Å². The molecule has 1 unspecified atom stereocenters. The molecule has 0 aliphatic rings. The van der Waals surface area contributed by atoms with Gasteiger partial charge in [0.25, 0.3) is 0 Å². The number of methoxy groups -OCH3 is 1. The van der Waals surface area contributed by atoms with E-state index in [4.69, 9.17) is 26.8 Å². The topological polar surface area (TPSA) is 111 Å². The minimum absolute atomic E-state index is 0.000954. The molecule has 0 bridgehead atoms. The standard InChI is InChI=1S/C22H25ClFN5O3.C2H6/c1-12(2)32-10-18(21(25)30)26-9-13-7-14-17(8-19(13)31-3)27-11-28-22(14)29-16-6-4-5-15(23)20(16)24;1-2/h4-8,11-12,18,26H,9-10H2,1-3H3,(H2,25,30)(H,27,28,29);1-2H3. The van der Waals surface area contributed by atoms with Gasteiger partial charge in [0.2, 0.25) is 5.91 Å². The second kappa shape index (κ2) is 13.0. The van der Waals surface area contributed by atoms with E-state index in [9.17, 15) is 9.18 Å². The van der Waals surface area contributed by atoms with Gasteiger partial charge in [-0.05, 0) is 32.0 Å². The Kier molecular flexibility index (Phi) is 10.4. The summed E-state index contributed by atoms with van der Waals surface area (Å²) in [5.41, 5.74) is 7.02. The maximum Gasteiger partial charge on any atom is 0.236 e. The summed E-state index contributed by atoms with van der Waals surface area (Å²) in [7, 11) is 1.54. The average Bonchev–Trinajstić information content (AvgIpc) is 2.82. The first kappa shape index (κ1) is 27.2. The van der Waals surface area contributed by atoms with Gasteiger partial charge in [-0.3, -0.25) is 10.1 Å². The van der Waals surface area contributed by atoms with Crippen LogP contribution >= 0.6 is 11.6 Å². The van der Waals surface area contributed by atoms with Crippen LogP contribution in [0.5, 0.6) is 5.75 Å². The molecule has 0 aliphatic carbocycles. The first-order chi connectivity index (χ1) is 16.3. The number of carbonyl (C=O) groups is 1. The number of nitrogens with two attached hydrogens (primary N) is 1. The van der Waals surface area contributed by atoms with Crippen LogP contribution < -0.4 is 21.1 Å². The van der Waals surface area contributed by atoms with Crippen LogP contribution in [0.15, 0.2) is 36.7 Å². The van der Waals surface area contributed by atoms with E-state index in [1.54, 1.807) is 25.3 Å². The molecule has 1 amide bonds. The van der Waals surface area contributed by atoms with Crippen LogP contribution in [-0.2, 0) is 16.1 Å². The zero-order chi connectivity index (χ0) is 25.3. The van der Waals surface area contributed by atoms with E-state index >= 15 is 0 Å². The predicted octanol–water partition coefficient (Wildman–Crippen LogP) is 4.57. The Morgan fingerprint density at radius 1 is 1.24 bits per heavy atom. The number of ether oxygens (including phenoxy) is 2. The third-order valence-corrected chi connectivity index (χ3v) is 5.01. The molecule has 0 radical (unpaired) electrons. The Hall–Kier alpha value is -3.01. The number of benzene rings is 2. The van der Waals surface area contributed by atoms with E-state index in [1.807, 2.05) is 33.8 Å². The lowest BCUT2D eigenvalue weighted by molar-refractivity contribution is -0.122. The SMILES string of the molecule is CC.COc1cc2ncnc(Nc3cccc(Cl)c3F)c2cc1CNC(COC(C)C)C(N)=O. The number of amides is 1. The fourth-order valence-electron chi connectivity index (χ4n) is 3.05. The summed E-state index contributed by atoms with van der Waals surface area (Å²) >= 11 is 5.88. The number of anilines is 2. The fraction of sp³-hybridized carbons (Fsp3) is 0.375. The van der Waals surface area contributed by atoms with Crippen LogP contribution in [0.1, 0.15) is 33.3 Å². The predicted molar refractivity (Wildman–Crippen MR) is 133 cm³/mol. The van der Waals surface area contributed by atoms with Crippen LogP contribution in [0.3, 0.4) is 0 Å². The third kappa shape index (κ3) is 6.99. The third-order valence-electron chi connectivity index (χ3n) is 4.72. The second-order valence-corrected chi connectivity index (χ2v) is 7.76. The Morgan fingerprint density at radius 2 is 1.97 bits per heavy atom. The van der Waals surface area contributed by atoms with Gasteiger partial charge in [-0.15, -0.1) is 0 Å². The number of hydrogen-bond donors (Lipinski definition) is 3. The molecule has 184 valence electrons. The normalized spacial score (nSPS) is 11.6. The smallest absolute Gasteiger partial charge is 0.236 e. The molecule has 1 heterocycles. The maximum absolute atomic E-state index is 14.4. The fourth-order valence-corrected chi connectivity index (χ4v) is 3.22. The molecule has 0 spiro atoms. The lowest BCUT2D eigenvalue weighted by Crippen LogP contribution is -2.44. The molecule has 1 atom stereocenters. The van der Waals surface area contributed by atoms with Gasteiger partial charge >= 0.3 is 0 Å². The van der Waals surface area contributed by atoms with Crippen molar-refractivity contribution in [1.29, 1.82) is 0 Å². The number of halogens is 2. The molecule has 2 aromatic carbocycles. The maximum atomic E-state index is 14.4. The Bertz CT molecular complexity index is 1110. The Morgan fingerprint density at radius 3 is 2.62 bits per heavy atom. The molecule has 1 aromatic heterocycles. The van der Waals surface area contributed by atoms with Gasteiger partial charge in [-0.25, -0.2) is 14.4 Å². The molecule has 0 saturated heterocycles. The number of rotatable bonds is 10. The number of primary amides is 1. The van der Waals surface area contributed by atoms with E-state index in [1.165, 1.54) is 12.4 Å². The summed E-state index contributed by atoms with van der Waals surface area (Å²) in [6.07, 6.45) is 1.34. The van der Waals surface area contributed by atoms with Crippen molar-refractivity contribution in [2.75, 3.05) is 19.0 Å². The van der Waals surface area contributed by atoms with Gasteiger partial charge in [0, 0.05) is 23.6 Å². The Balaban J connectivity index is 0.00000199. The van der Waals surface area contributed by atoms with Crippen LogP contribution in [0.4, 0.5) is 15.9 Å². The molecule has 10 heteroatoms. The average molecular weight is 492 g/mol. The molecule has 8 nitrogen and oxygen atoms in total. The van der Waals surface area contributed by atoms with E-state index in [2.05, 4.69) is 20.6 Å². The zero-order valence-corrected chi connectivity index (χ0v) is 20.7. The van der Waals surface area contributed by atoms with Crippen molar-refractivity contribution in [2.45, 2.75) is 46.4 Å². The van der Waals surface area contributed by atoms with Crippen LogP contribution in [-0.4, -0.2) is 41.7 Å². The van der Waals surface area contributed by atoms with Gasteiger partial charge in [-0.1, -0.05) is 31.5 Å². The highest BCUT2D eigenvalue weighted by molar-refractivity contribution is 6.31. The molecular formula is C24H31ClFN5O3. The molecule has 3 aromatic rings. The summed E-state index contributed by atoms with van der Waals surface area (Å²) in [5.74, 6) is -0.135. The minimum atomic E-state index is -0.678. The number of hydrogen-bond acceptors (Lipinski definition) is 7. The number of nitrogens with zero attached hydrogens (tertiary/aromatic N) is 2. The van der Waals surface area contributed by atoms with Gasteiger partial charge in [0.15, 0.2) is 5.82 Å². The van der Waals surface area contributed by atoms with Crippen molar-refractivity contribution in [3.8, 4) is 5.75 Å². The van der Waals surface area contributed by atoms with Crippen LogP contribution in [0.25, 0.3) is 10.9 Å². The first-order valence-electron chi connectivity index (χ1n) is 11.0. The molecule has 0 fully saturated rings. The van der Waals surface area contributed by atoms with Gasteiger partial charge in [-0.2, -0.15) is 0 Å². The summed E-state index contributed by atoms with van der Waals surface area (Å²) < 4.78 is 25.4. The first-order valence-corrected chi connectivity index (χ1v) is 11.3. The highest BCUT2D eigenvalue weighted by Gasteiger charge is 2.18. The van der Waals surface area contributed by atoms with Gasteiger partial charge in [0.1, 0.15) is 23.9 Å². The lowest BCUT2D eigenvalue weighted by Gasteiger charge is -2.19. The van der Waals surface area contributed by atoms with Gasteiger partial charge < -0.3 is 20.5 Å². The molecule has 4 N–H and O–H groups in total. The highest BCUT2D eigenvalue weighted by atomic mass is 35.5. The number of carbonyl (C=O) groups excluding carboxylic acids is 1. The van der Waals surface area contributed by atoms with Crippen molar-refractivity contribution in [3.63, 3.8) is 0 Å². The molecular weight excluding hydrogens is 461 g/mol. The highest BCUT2D eigenvalue weighted by Crippen LogP contribution is 2.31. The number of nitrogens with one attached hydrogen (secondary N) is 2. The molecule has 0 aliphatic heterocycles. The molecule has 34 heavy (non-hydrogen) atoms. The van der Waals surface area contributed by atoms with Crippen molar-refractivity contribution >= 4 is 39.9 Å². The van der Waals surface area contributed by atoms with E-state index in [-0.39, 0.29) is 30.0 Å². The summed E-state index contributed by atoms with van der Waals surface area (Å²) in [4.78, 5) is 20.3. The lowest BCUT2D eigenvalue weighted by atomic mass is 10.1. The quantitative estimate of drug-likeness (QED) is 0.381. The minimum Gasteiger partial charge on any atom is -0.496 e. The summed E-state index contributed by atoms with van der Waals surface area (Å²) in [6, 6.07) is 7.55. The second-order valence-electron chi connectivity index (χ2n) is 7.35. The molecule has 0 saturated carbocycles.